The average Bonchev–Trinajstić information content (AvgIpc) is 2.83. The summed E-state index contributed by atoms with van der Waals surface area (Å²) in [5.74, 6) is 2.30. The lowest BCUT2D eigenvalue weighted by Crippen LogP contribution is -2.54. The number of likely N-dealkylation sites (tertiary alicyclic amines) is 1. The van der Waals surface area contributed by atoms with Crippen molar-refractivity contribution in [3.63, 3.8) is 0 Å². The first kappa shape index (κ1) is 18.8. The summed E-state index contributed by atoms with van der Waals surface area (Å²) < 4.78 is 0. The van der Waals surface area contributed by atoms with Crippen LogP contribution in [0.5, 0.6) is 0 Å². The molecule has 6 heteroatoms. The van der Waals surface area contributed by atoms with Gasteiger partial charge in [0.25, 0.3) is 0 Å². The van der Waals surface area contributed by atoms with Crippen molar-refractivity contribution in [2.24, 2.45) is 23.2 Å². The Hall–Kier alpha value is -1.59. The normalized spacial score (nSPS) is 35.0. The van der Waals surface area contributed by atoms with E-state index in [1.54, 1.807) is 0 Å². The van der Waals surface area contributed by atoms with Crippen LogP contribution >= 0.6 is 0 Å². The van der Waals surface area contributed by atoms with E-state index in [1.807, 2.05) is 4.90 Å². The first-order valence-electron chi connectivity index (χ1n) is 10.9. The van der Waals surface area contributed by atoms with Crippen LogP contribution in [0.4, 0.5) is 0 Å². The highest BCUT2D eigenvalue weighted by atomic mass is 16.2. The number of rotatable bonds is 6. The molecule has 6 nitrogen and oxygen atoms in total. The summed E-state index contributed by atoms with van der Waals surface area (Å²) in [5, 5.41) is 5.77. The van der Waals surface area contributed by atoms with Gasteiger partial charge in [0, 0.05) is 31.5 Å². The number of carbonyl (C=O) groups excluding carboxylic acids is 3. The molecule has 0 atom stereocenters. The van der Waals surface area contributed by atoms with Crippen molar-refractivity contribution in [3.8, 4) is 0 Å². The Morgan fingerprint density at radius 3 is 2.30 bits per heavy atom. The predicted octanol–water partition coefficient (Wildman–Crippen LogP) is 1.84. The van der Waals surface area contributed by atoms with Crippen molar-refractivity contribution in [1.29, 1.82) is 0 Å². The van der Waals surface area contributed by atoms with Crippen LogP contribution in [0.25, 0.3) is 0 Å². The van der Waals surface area contributed by atoms with Gasteiger partial charge in [-0.25, -0.2) is 0 Å². The second-order valence-corrected chi connectivity index (χ2v) is 9.42. The van der Waals surface area contributed by atoms with E-state index in [1.165, 1.54) is 19.3 Å². The minimum absolute atomic E-state index is 0.0501. The third-order valence-electron chi connectivity index (χ3n) is 7.30. The summed E-state index contributed by atoms with van der Waals surface area (Å²) in [7, 11) is 0. The van der Waals surface area contributed by atoms with E-state index in [4.69, 9.17) is 0 Å². The summed E-state index contributed by atoms with van der Waals surface area (Å²) in [6.07, 6.45) is 10.7. The molecule has 5 fully saturated rings. The summed E-state index contributed by atoms with van der Waals surface area (Å²) in [5.41, 5.74) is -0.201. The first-order valence-corrected chi connectivity index (χ1v) is 10.9. The van der Waals surface area contributed by atoms with Gasteiger partial charge in [-0.1, -0.05) is 6.42 Å². The zero-order chi connectivity index (χ0) is 18.9. The van der Waals surface area contributed by atoms with Crippen molar-refractivity contribution in [2.75, 3.05) is 26.2 Å². The topological polar surface area (TPSA) is 78.5 Å². The van der Waals surface area contributed by atoms with Crippen LogP contribution in [-0.2, 0) is 14.4 Å². The molecule has 0 aromatic carbocycles. The van der Waals surface area contributed by atoms with E-state index in [-0.39, 0.29) is 29.7 Å². The van der Waals surface area contributed by atoms with Gasteiger partial charge in [-0.2, -0.15) is 0 Å². The number of nitrogens with one attached hydrogen (secondary N) is 2. The maximum absolute atomic E-state index is 12.9. The van der Waals surface area contributed by atoms with Gasteiger partial charge in [0.1, 0.15) is 0 Å². The predicted molar refractivity (Wildman–Crippen MR) is 102 cm³/mol. The SMILES string of the molecule is O=C(CNC(=O)C12CC3CC(CC(C3)C1)C2)NCCN1CCCCCC1=O. The van der Waals surface area contributed by atoms with E-state index < -0.39 is 0 Å². The standard InChI is InChI=1S/C21H33N3O3/c25-18(22-5-7-24-6-3-1-2-4-19(24)26)14-23-20(27)21-11-15-8-16(12-21)10-17(9-15)13-21/h15-17H,1-14H2,(H,22,25)(H,23,27). The molecule has 27 heavy (non-hydrogen) atoms. The zero-order valence-corrected chi connectivity index (χ0v) is 16.3. The molecule has 0 radical (unpaired) electrons. The molecule has 0 spiro atoms. The number of nitrogens with zero attached hydrogens (tertiary/aromatic N) is 1. The lowest BCUT2D eigenvalue weighted by atomic mass is 9.49. The van der Waals surface area contributed by atoms with Crippen molar-refractivity contribution in [1.82, 2.24) is 15.5 Å². The van der Waals surface area contributed by atoms with Gasteiger partial charge in [0.05, 0.1) is 6.54 Å². The van der Waals surface area contributed by atoms with E-state index in [0.717, 1.165) is 62.8 Å². The molecule has 4 aliphatic carbocycles. The second-order valence-electron chi connectivity index (χ2n) is 9.42. The Bertz CT molecular complexity index is 568. The van der Waals surface area contributed by atoms with Gasteiger partial charge >= 0.3 is 0 Å². The fraction of sp³-hybridized carbons (Fsp3) is 0.857. The molecule has 2 N–H and O–H groups in total. The lowest BCUT2D eigenvalue weighted by molar-refractivity contribution is -0.147. The van der Waals surface area contributed by atoms with Crippen molar-refractivity contribution >= 4 is 17.7 Å². The molecule has 5 rings (SSSR count). The van der Waals surface area contributed by atoms with Gasteiger partial charge in [-0.3, -0.25) is 14.4 Å². The molecule has 1 heterocycles. The summed E-state index contributed by atoms with van der Waals surface area (Å²) in [4.78, 5) is 38.8. The van der Waals surface area contributed by atoms with E-state index >= 15 is 0 Å². The number of hydrogen-bond acceptors (Lipinski definition) is 3. The monoisotopic (exact) mass is 375 g/mol. The van der Waals surface area contributed by atoms with E-state index in [9.17, 15) is 14.4 Å². The molecular weight excluding hydrogens is 342 g/mol. The molecular formula is C21H33N3O3. The van der Waals surface area contributed by atoms with Crippen LogP contribution in [-0.4, -0.2) is 48.8 Å². The van der Waals surface area contributed by atoms with E-state index in [2.05, 4.69) is 10.6 Å². The average molecular weight is 376 g/mol. The van der Waals surface area contributed by atoms with Gasteiger partial charge in [0.15, 0.2) is 0 Å². The van der Waals surface area contributed by atoms with Gasteiger partial charge < -0.3 is 15.5 Å². The largest absolute Gasteiger partial charge is 0.353 e. The Labute approximate surface area is 161 Å². The fourth-order valence-corrected chi connectivity index (χ4v) is 6.40. The van der Waals surface area contributed by atoms with Crippen LogP contribution in [0.1, 0.15) is 64.2 Å². The van der Waals surface area contributed by atoms with Crippen LogP contribution in [0.3, 0.4) is 0 Å². The molecule has 0 aromatic heterocycles. The Kier molecular flexibility index (Phi) is 5.42. The summed E-state index contributed by atoms with van der Waals surface area (Å²) in [6, 6.07) is 0. The van der Waals surface area contributed by atoms with Crippen molar-refractivity contribution in [3.05, 3.63) is 0 Å². The number of hydrogen-bond donors (Lipinski definition) is 2. The molecule has 1 aliphatic heterocycles. The quantitative estimate of drug-likeness (QED) is 0.743. The highest BCUT2D eigenvalue weighted by Gasteiger charge is 2.54. The summed E-state index contributed by atoms with van der Waals surface area (Å²) in [6.45, 7) is 1.86. The zero-order valence-electron chi connectivity index (χ0n) is 16.3. The molecule has 1 saturated heterocycles. The molecule has 4 saturated carbocycles. The maximum atomic E-state index is 12.9. The Balaban J connectivity index is 1.19. The molecule has 3 amide bonds. The molecule has 150 valence electrons. The van der Waals surface area contributed by atoms with Gasteiger partial charge in [-0.05, 0) is 69.1 Å². The van der Waals surface area contributed by atoms with Crippen LogP contribution in [0, 0.1) is 23.2 Å². The molecule has 5 aliphatic rings. The van der Waals surface area contributed by atoms with E-state index in [0.29, 0.717) is 19.5 Å². The minimum atomic E-state index is -0.201. The third kappa shape index (κ3) is 4.14. The Morgan fingerprint density at radius 1 is 0.963 bits per heavy atom. The highest BCUT2D eigenvalue weighted by Crippen LogP contribution is 2.60. The first-order chi connectivity index (χ1) is 13.0. The highest BCUT2D eigenvalue weighted by molar-refractivity contribution is 5.88. The lowest BCUT2D eigenvalue weighted by Gasteiger charge is -2.55. The second kappa shape index (κ2) is 7.80. The molecule has 0 unspecified atom stereocenters. The Morgan fingerprint density at radius 2 is 1.63 bits per heavy atom. The van der Waals surface area contributed by atoms with Gasteiger partial charge in [-0.15, -0.1) is 0 Å². The number of carbonyl (C=O) groups is 3. The summed E-state index contributed by atoms with van der Waals surface area (Å²) >= 11 is 0. The third-order valence-corrected chi connectivity index (χ3v) is 7.30. The van der Waals surface area contributed by atoms with Crippen LogP contribution in [0.2, 0.25) is 0 Å². The van der Waals surface area contributed by atoms with Crippen molar-refractivity contribution in [2.45, 2.75) is 64.2 Å². The molecule has 4 bridgehead atoms. The smallest absolute Gasteiger partial charge is 0.239 e. The van der Waals surface area contributed by atoms with Crippen LogP contribution < -0.4 is 10.6 Å². The maximum Gasteiger partial charge on any atom is 0.239 e. The molecule has 0 aromatic rings. The minimum Gasteiger partial charge on any atom is -0.353 e. The van der Waals surface area contributed by atoms with Crippen LogP contribution in [0.15, 0.2) is 0 Å². The van der Waals surface area contributed by atoms with Crippen molar-refractivity contribution < 1.29 is 14.4 Å². The van der Waals surface area contributed by atoms with Gasteiger partial charge in [0.2, 0.25) is 17.7 Å². The number of amides is 3. The fourth-order valence-electron chi connectivity index (χ4n) is 6.40.